The molecule has 0 spiro atoms. The van der Waals surface area contributed by atoms with Crippen LogP contribution < -0.4 is 5.73 Å². The average molecular weight is 209 g/mol. The number of hydrogen-bond donors (Lipinski definition) is 1. The van der Waals surface area contributed by atoms with Gasteiger partial charge in [0.2, 0.25) is 0 Å². The molecule has 1 aromatic rings. The van der Waals surface area contributed by atoms with Gasteiger partial charge < -0.3 is 5.73 Å². The summed E-state index contributed by atoms with van der Waals surface area (Å²) in [4.78, 5) is 8.84. The van der Waals surface area contributed by atoms with Crippen molar-refractivity contribution in [1.82, 2.24) is 9.97 Å². The van der Waals surface area contributed by atoms with Crippen molar-refractivity contribution in [1.29, 1.82) is 0 Å². The van der Waals surface area contributed by atoms with Gasteiger partial charge in [0.1, 0.15) is 5.82 Å². The number of fused-ring (bicyclic) bond motifs is 1. The van der Waals surface area contributed by atoms with Gasteiger partial charge in [-0.2, -0.15) is 0 Å². The van der Waals surface area contributed by atoms with E-state index in [1.165, 1.54) is 24.1 Å². The zero-order valence-corrected chi connectivity index (χ0v) is 9.23. The number of nitrogen functional groups attached to an aromatic ring is 1. The second kappa shape index (κ2) is 4.17. The Morgan fingerprint density at radius 1 is 1.29 bits per heavy atom. The molecule has 2 rings (SSSR count). The Labute approximate surface area is 88.5 Å². The van der Waals surface area contributed by atoms with Gasteiger partial charge in [0, 0.05) is 5.56 Å². The minimum Gasteiger partial charge on any atom is -0.383 e. The lowest BCUT2D eigenvalue weighted by molar-refractivity contribution is 0.652. The fourth-order valence-electron chi connectivity index (χ4n) is 1.79. The molecule has 1 aliphatic rings. The van der Waals surface area contributed by atoms with E-state index in [2.05, 4.69) is 16.9 Å². The molecule has 1 aromatic heterocycles. The second-order valence-corrected chi connectivity index (χ2v) is 4.69. The Morgan fingerprint density at radius 2 is 2.07 bits per heavy atom. The van der Waals surface area contributed by atoms with Crippen molar-refractivity contribution in [2.24, 2.45) is 0 Å². The highest BCUT2D eigenvalue weighted by Crippen LogP contribution is 2.26. The van der Waals surface area contributed by atoms with Gasteiger partial charge in [-0.05, 0) is 31.4 Å². The molecular weight excluding hydrogens is 194 g/mol. The highest BCUT2D eigenvalue weighted by molar-refractivity contribution is 7.99. The quantitative estimate of drug-likeness (QED) is 0.598. The molecule has 14 heavy (non-hydrogen) atoms. The molecule has 0 saturated heterocycles. The van der Waals surface area contributed by atoms with Crippen LogP contribution in [0, 0.1) is 0 Å². The molecule has 0 aromatic carbocycles. The fraction of sp³-hybridized carbons (Fsp3) is 0.600. The summed E-state index contributed by atoms with van der Waals surface area (Å²) in [5.74, 6) is 1.70. The molecule has 2 N–H and O–H groups in total. The van der Waals surface area contributed by atoms with Gasteiger partial charge in [-0.25, -0.2) is 9.97 Å². The van der Waals surface area contributed by atoms with Gasteiger partial charge in [-0.15, -0.1) is 0 Å². The van der Waals surface area contributed by atoms with Crippen LogP contribution in [-0.4, -0.2) is 15.7 Å². The number of hydrogen-bond acceptors (Lipinski definition) is 4. The predicted molar refractivity (Wildman–Crippen MR) is 59.5 cm³/mol. The number of anilines is 1. The lowest BCUT2D eigenvalue weighted by Crippen LogP contribution is -2.11. The van der Waals surface area contributed by atoms with E-state index in [1.54, 1.807) is 11.8 Å². The number of aromatic nitrogens is 2. The Kier molecular flexibility index (Phi) is 2.91. The molecule has 0 saturated carbocycles. The van der Waals surface area contributed by atoms with Crippen LogP contribution in [0.25, 0.3) is 0 Å². The van der Waals surface area contributed by atoms with Crippen molar-refractivity contribution in [3.63, 3.8) is 0 Å². The SMILES string of the molecule is CCSc1nc(N)c2c(n1)CCCC2. The minimum atomic E-state index is 0.700. The van der Waals surface area contributed by atoms with Crippen molar-refractivity contribution in [2.75, 3.05) is 11.5 Å². The van der Waals surface area contributed by atoms with Crippen LogP contribution in [0.15, 0.2) is 5.16 Å². The van der Waals surface area contributed by atoms with E-state index in [0.29, 0.717) is 5.82 Å². The summed E-state index contributed by atoms with van der Waals surface area (Å²) in [7, 11) is 0. The van der Waals surface area contributed by atoms with Gasteiger partial charge in [0.15, 0.2) is 5.16 Å². The van der Waals surface area contributed by atoms with E-state index in [9.17, 15) is 0 Å². The van der Waals surface area contributed by atoms with Crippen molar-refractivity contribution in [3.05, 3.63) is 11.3 Å². The van der Waals surface area contributed by atoms with E-state index >= 15 is 0 Å². The minimum absolute atomic E-state index is 0.700. The molecule has 0 atom stereocenters. The molecule has 0 amide bonds. The van der Waals surface area contributed by atoms with Gasteiger partial charge >= 0.3 is 0 Å². The van der Waals surface area contributed by atoms with Crippen LogP contribution >= 0.6 is 11.8 Å². The van der Waals surface area contributed by atoms with E-state index in [4.69, 9.17) is 5.73 Å². The first-order valence-electron chi connectivity index (χ1n) is 5.09. The molecule has 0 aliphatic heterocycles. The van der Waals surface area contributed by atoms with Gasteiger partial charge in [-0.1, -0.05) is 18.7 Å². The van der Waals surface area contributed by atoms with Gasteiger partial charge in [-0.3, -0.25) is 0 Å². The number of rotatable bonds is 2. The standard InChI is InChI=1S/C10H15N3S/c1-2-14-10-12-8-6-4-3-5-7(8)9(11)13-10/h2-6H2,1H3,(H2,11,12,13). The van der Waals surface area contributed by atoms with Gasteiger partial charge in [0.05, 0.1) is 5.69 Å². The number of nitrogens with two attached hydrogens (primary N) is 1. The molecule has 1 aliphatic carbocycles. The van der Waals surface area contributed by atoms with Crippen molar-refractivity contribution in [3.8, 4) is 0 Å². The summed E-state index contributed by atoms with van der Waals surface area (Å²) in [5.41, 5.74) is 8.28. The Hall–Kier alpha value is -0.770. The number of thioether (sulfide) groups is 1. The van der Waals surface area contributed by atoms with E-state index < -0.39 is 0 Å². The van der Waals surface area contributed by atoms with E-state index in [0.717, 1.165) is 23.8 Å². The molecule has 0 bridgehead atoms. The largest absolute Gasteiger partial charge is 0.383 e. The maximum Gasteiger partial charge on any atom is 0.189 e. The summed E-state index contributed by atoms with van der Waals surface area (Å²) < 4.78 is 0. The van der Waals surface area contributed by atoms with E-state index in [1.807, 2.05) is 0 Å². The summed E-state index contributed by atoms with van der Waals surface area (Å²) in [6.45, 7) is 2.10. The number of aryl methyl sites for hydroxylation is 1. The zero-order valence-electron chi connectivity index (χ0n) is 8.42. The lowest BCUT2D eigenvalue weighted by Gasteiger charge is -2.16. The van der Waals surface area contributed by atoms with Crippen molar-refractivity contribution < 1.29 is 0 Å². The zero-order chi connectivity index (χ0) is 9.97. The monoisotopic (exact) mass is 209 g/mol. The molecule has 0 unspecified atom stereocenters. The molecular formula is C10H15N3S. The smallest absolute Gasteiger partial charge is 0.189 e. The average Bonchev–Trinajstić information content (AvgIpc) is 2.18. The highest BCUT2D eigenvalue weighted by atomic mass is 32.2. The first-order valence-corrected chi connectivity index (χ1v) is 6.08. The topological polar surface area (TPSA) is 51.8 Å². The molecule has 4 heteroatoms. The van der Waals surface area contributed by atoms with Crippen LogP contribution in [0.5, 0.6) is 0 Å². The molecule has 0 fully saturated rings. The van der Waals surface area contributed by atoms with E-state index in [-0.39, 0.29) is 0 Å². The van der Waals surface area contributed by atoms with Crippen molar-refractivity contribution >= 4 is 17.6 Å². The first-order chi connectivity index (χ1) is 6.81. The van der Waals surface area contributed by atoms with Crippen LogP contribution in [0.3, 0.4) is 0 Å². The van der Waals surface area contributed by atoms with Crippen LogP contribution in [-0.2, 0) is 12.8 Å². The Balaban J connectivity index is 2.36. The number of nitrogens with zero attached hydrogens (tertiary/aromatic N) is 2. The summed E-state index contributed by atoms with van der Waals surface area (Å²) in [5, 5.41) is 0.839. The van der Waals surface area contributed by atoms with Crippen LogP contribution in [0.4, 0.5) is 5.82 Å². The summed E-state index contributed by atoms with van der Waals surface area (Å²) in [6.07, 6.45) is 4.58. The summed E-state index contributed by atoms with van der Waals surface area (Å²) >= 11 is 1.66. The maximum atomic E-state index is 5.91. The lowest BCUT2D eigenvalue weighted by atomic mass is 9.97. The third kappa shape index (κ3) is 1.85. The first kappa shape index (κ1) is 9.77. The normalized spacial score (nSPS) is 15.2. The predicted octanol–water partition coefficient (Wildman–Crippen LogP) is 2.05. The van der Waals surface area contributed by atoms with Crippen LogP contribution in [0.1, 0.15) is 31.0 Å². The second-order valence-electron chi connectivity index (χ2n) is 3.46. The maximum absolute atomic E-state index is 5.91. The van der Waals surface area contributed by atoms with Crippen LogP contribution in [0.2, 0.25) is 0 Å². The molecule has 0 radical (unpaired) electrons. The molecule has 3 nitrogen and oxygen atoms in total. The fourth-order valence-corrected chi connectivity index (χ4v) is 2.39. The van der Waals surface area contributed by atoms with Crippen molar-refractivity contribution in [2.45, 2.75) is 37.8 Å². The highest BCUT2D eigenvalue weighted by Gasteiger charge is 2.15. The Bertz CT molecular complexity index is 338. The molecule has 1 heterocycles. The third-order valence-electron chi connectivity index (χ3n) is 2.47. The van der Waals surface area contributed by atoms with Gasteiger partial charge in [0.25, 0.3) is 0 Å². The Morgan fingerprint density at radius 3 is 2.86 bits per heavy atom. The summed E-state index contributed by atoms with van der Waals surface area (Å²) in [6, 6.07) is 0. The third-order valence-corrected chi connectivity index (χ3v) is 3.20. The molecule has 76 valence electrons.